The molecule has 1 N–H and O–H groups in total. The van der Waals surface area contributed by atoms with E-state index in [2.05, 4.69) is 17.1 Å². The average Bonchev–Trinajstić information content (AvgIpc) is 3.07. The molecule has 1 saturated heterocycles. The molecule has 0 radical (unpaired) electrons. The summed E-state index contributed by atoms with van der Waals surface area (Å²) in [5.41, 5.74) is -0.192. The summed E-state index contributed by atoms with van der Waals surface area (Å²) in [6.07, 6.45) is 2.39. The van der Waals surface area contributed by atoms with Crippen molar-refractivity contribution in [3.05, 3.63) is 24.2 Å². The number of nitrogens with one attached hydrogen (secondary N) is 1. The summed E-state index contributed by atoms with van der Waals surface area (Å²) in [6.45, 7) is 10.6. The zero-order valence-electron chi connectivity index (χ0n) is 14.5. The van der Waals surface area contributed by atoms with Crippen LogP contribution in [0.1, 0.15) is 44.7 Å². The molecule has 6 nitrogen and oxygen atoms in total. The van der Waals surface area contributed by atoms with E-state index in [0.717, 1.165) is 6.42 Å². The standard InChI is InChI=1S/C17H27N3O3/c1-5-17(3,4)18-15(21)13(2)19-8-10-20(11-9-19)16(22)14-7-6-12-23-14/h6-7,12-13H,5,8-11H2,1-4H3,(H,18,21). The maximum atomic E-state index is 12.4. The van der Waals surface area contributed by atoms with Crippen LogP contribution in [0, 0.1) is 0 Å². The second kappa shape index (κ2) is 7.17. The maximum Gasteiger partial charge on any atom is 0.289 e. The van der Waals surface area contributed by atoms with Gasteiger partial charge < -0.3 is 14.6 Å². The molecule has 0 saturated carbocycles. The molecule has 1 fully saturated rings. The molecule has 1 aromatic heterocycles. The summed E-state index contributed by atoms with van der Waals surface area (Å²) in [6, 6.07) is 3.20. The van der Waals surface area contributed by atoms with Gasteiger partial charge in [0.1, 0.15) is 0 Å². The summed E-state index contributed by atoms with van der Waals surface area (Å²) >= 11 is 0. The van der Waals surface area contributed by atoms with Crippen molar-refractivity contribution in [3.8, 4) is 0 Å². The Hall–Kier alpha value is -1.82. The highest BCUT2D eigenvalue weighted by molar-refractivity contribution is 5.91. The van der Waals surface area contributed by atoms with Crippen molar-refractivity contribution in [2.45, 2.75) is 45.7 Å². The zero-order chi connectivity index (χ0) is 17.0. The molecule has 1 aromatic rings. The third-order valence-corrected chi connectivity index (χ3v) is 4.61. The summed E-state index contributed by atoms with van der Waals surface area (Å²) in [4.78, 5) is 28.5. The summed E-state index contributed by atoms with van der Waals surface area (Å²) in [5, 5.41) is 3.08. The number of carbonyl (C=O) groups excluding carboxylic acids is 2. The Kier molecular flexibility index (Phi) is 5.46. The number of carbonyl (C=O) groups is 2. The van der Waals surface area contributed by atoms with E-state index in [1.54, 1.807) is 17.0 Å². The first-order valence-electron chi connectivity index (χ1n) is 8.23. The number of furan rings is 1. The molecule has 0 aromatic carbocycles. The van der Waals surface area contributed by atoms with Crippen LogP contribution in [0.4, 0.5) is 0 Å². The van der Waals surface area contributed by atoms with Gasteiger partial charge in [-0.25, -0.2) is 0 Å². The molecule has 0 bridgehead atoms. The van der Waals surface area contributed by atoms with Crippen molar-refractivity contribution in [2.24, 2.45) is 0 Å². The fourth-order valence-corrected chi connectivity index (χ4v) is 2.56. The molecule has 2 amide bonds. The molecule has 1 unspecified atom stereocenters. The lowest BCUT2D eigenvalue weighted by molar-refractivity contribution is -0.128. The SMILES string of the molecule is CCC(C)(C)NC(=O)C(C)N1CCN(C(=O)c2ccco2)CC1. The number of amides is 2. The third-order valence-electron chi connectivity index (χ3n) is 4.61. The number of hydrogen-bond acceptors (Lipinski definition) is 4. The largest absolute Gasteiger partial charge is 0.459 e. The van der Waals surface area contributed by atoms with E-state index >= 15 is 0 Å². The molecule has 128 valence electrons. The van der Waals surface area contributed by atoms with Crippen molar-refractivity contribution in [1.29, 1.82) is 0 Å². The molecule has 6 heteroatoms. The predicted molar refractivity (Wildman–Crippen MR) is 88.2 cm³/mol. The van der Waals surface area contributed by atoms with Gasteiger partial charge in [-0.05, 0) is 39.3 Å². The second-order valence-corrected chi connectivity index (χ2v) is 6.71. The van der Waals surface area contributed by atoms with Crippen LogP contribution in [-0.4, -0.2) is 59.4 Å². The van der Waals surface area contributed by atoms with E-state index in [4.69, 9.17) is 4.42 Å². The Labute approximate surface area is 137 Å². The molecular formula is C17H27N3O3. The molecular weight excluding hydrogens is 294 g/mol. The second-order valence-electron chi connectivity index (χ2n) is 6.71. The van der Waals surface area contributed by atoms with Crippen LogP contribution in [0.5, 0.6) is 0 Å². The minimum absolute atomic E-state index is 0.0441. The quantitative estimate of drug-likeness (QED) is 0.897. The maximum absolute atomic E-state index is 12.4. The Bertz CT molecular complexity index is 531. The average molecular weight is 321 g/mol. The Morgan fingerprint density at radius 2 is 1.96 bits per heavy atom. The van der Waals surface area contributed by atoms with Crippen LogP contribution in [0.3, 0.4) is 0 Å². The first-order valence-corrected chi connectivity index (χ1v) is 8.23. The van der Waals surface area contributed by atoms with Crippen LogP contribution in [0.2, 0.25) is 0 Å². The first kappa shape index (κ1) is 17.5. The fourth-order valence-electron chi connectivity index (χ4n) is 2.56. The Balaban J connectivity index is 1.86. The van der Waals surface area contributed by atoms with Crippen LogP contribution < -0.4 is 5.32 Å². The molecule has 1 atom stereocenters. The van der Waals surface area contributed by atoms with Crippen molar-refractivity contribution >= 4 is 11.8 Å². The number of rotatable bonds is 5. The van der Waals surface area contributed by atoms with Gasteiger partial charge in [-0.3, -0.25) is 14.5 Å². The van der Waals surface area contributed by atoms with Crippen molar-refractivity contribution in [3.63, 3.8) is 0 Å². The van der Waals surface area contributed by atoms with E-state index in [0.29, 0.717) is 31.9 Å². The van der Waals surface area contributed by atoms with Crippen molar-refractivity contribution < 1.29 is 14.0 Å². The number of nitrogens with zero attached hydrogens (tertiary/aromatic N) is 2. The molecule has 0 aliphatic carbocycles. The predicted octanol–water partition coefficient (Wildman–Crippen LogP) is 1.73. The van der Waals surface area contributed by atoms with Gasteiger partial charge in [-0.1, -0.05) is 6.92 Å². The number of piperazine rings is 1. The van der Waals surface area contributed by atoms with Gasteiger partial charge in [-0.2, -0.15) is 0 Å². The highest BCUT2D eigenvalue weighted by Crippen LogP contribution is 2.13. The molecule has 1 aliphatic heterocycles. The van der Waals surface area contributed by atoms with Crippen molar-refractivity contribution in [1.82, 2.24) is 15.1 Å². The van der Waals surface area contributed by atoms with E-state index in [1.807, 2.05) is 20.8 Å². The zero-order valence-corrected chi connectivity index (χ0v) is 14.5. The molecule has 1 aliphatic rings. The van der Waals surface area contributed by atoms with Gasteiger partial charge >= 0.3 is 0 Å². The van der Waals surface area contributed by atoms with E-state index in [-0.39, 0.29) is 23.4 Å². The minimum atomic E-state index is -0.193. The van der Waals surface area contributed by atoms with E-state index in [1.165, 1.54) is 6.26 Å². The van der Waals surface area contributed by atoms with Crippen LogP contribution >= 0.6 is 0 Å². The summed E-state index contributed by atoms with van der Waals surface area (Å²) in [7, 11) is 0. The van der Waals surface area contributed by atoms with Gasteiger partial charge in [0.2, 0.25) is 5.91 Å². The van der Waals surface area contributed by atoms with Crippen LogP contribution in [0.25, 0.3) is 0 Å². The van der Waals surface area contributed by atoms with Gasteiger partial charge in [0.25, 0.3) is 5.91 Å². The lowest BCUT2D eigenvalue weighted by atomic mass is 10.0. The normalized spacial score (nSPS) is 17.8. The van der Waals surface area contributed by atoms with Gasteiger partial charge in [0, 0.05) is 31.7 Å². The van der Waals surface area contributed by atoms with E-state index < -0.39 is 0 Å². The highest BCUT2D eigenvalue weighted by Gasteiger charge is 2.30. The summed E-state index contributed by atoms with van der Waals surface area (Å²) in [5.74, 6) is 0.329. The molecule has 2 heterocycles. The highest BCUT2D eigenvalue weighted by atomic mass is 16.3. The minimum Gasteiger partial charge on any atom is -0.459 e. The van der Waals surface area contributed by atoms with Gasteiger partial charge in [0.15, 0.2) is 5.76 Å². The smallest absolute Gasteiger partial charge is 0.289 e. The first-order chi connectivity index (χ1) is 10.8. The lowest BCUT2D eigenvalue weighted by Gasteiger charge is -2.38. The number of hydrogen-bond donors (Lipinski definition) is 1. The van der Waals surface area contributed by atoms with Crippen LogP contribution in [0.15, 0.2) is 22.8 Å². The third kappa shape index (κ3) is 4.34. The fraction of sp³-hybridized carbons (Fsp3) is 0.647. The monoisotopic (exact) mass is 321 g/mol. The summed E-state index contributed by atoms with van der Waals surface area (Å²) < 4.78 is 5.16. The van der Waals surface area contributed by atoms with E-state index in [9.17, 15) is 9.59 Å². The van der Waals surface area contributed by atoms with Gasteiger partial charge in [-0.15, -0.1) is 0 Å². The van der Waals surface area contributed by atoms with Crippen LogP contribution in [-0.2, 0) is 4.79 Å². The lowest BCUT2D eigenvalue weighted by Crippen LogP contribution is -2.57. The Morgan fingerprint density at radius 1 is 1.30 bits per heavy atom. The van der Waals surface area contributed by atoms with Gasteiger partial charge in [0.05, 0.1) is 12.3 Å². The molecule has 23 heavy (non-hydrogen) atoms. The topological polar surface area (TPSA) is 65.8 Å². The molecule has 2 rings (SSSR count). The van der Waals surface area contributed by atoms with Crippen molar-refractivity contribution in [2.75, 3.05) is 26.2 Å². The molecule has 0 spiro atoms. The Morgan fingerprint density at radius 3 is 2.48 bits per heavy atom.